The average molecular weight is 262 g/mol. The molecule has 94 valence electrons. The first-order valence-corrected chi connectivity index (χ1v) is 6.67. The summed E-state index contributed by atoms with van der Waals surface area (Å²) >= 11 is 5.89. The Morgan fingerprint density at radius 2 is 2.11 bits per heavy atom. The second-order valence-electron chi connectivity index (χ2n) is 4.80. The number of aromatic nitrogens is 2. The zero-order valence-electron chi connectivity index (χ0n) is 10.1. The van der Waals surface area contributed by atoms with Crippen LogP contribution in [0.4, 0.5) is 0 Å². The molecule has 18 heavy (non-hydrogen) atoms. The standard InChI is InChI=1S/C14H16ClN3/c15-11-6-4-10(5-7-11)8-14-17-9-12-2-1-3-13(16)18(12)14/h4-7,9,13H,1-3,8,16H2. The lowest BCUT2D eigenvalue weighted by molar-refractivity contribution is 0.403. The van der Waals surface area contributed by atoms with Crippen LogP contribution in [0.15, 0.2) is 30.5 Å². The Morgan fingerprint density at radius 1 is 1.33 bits per heavy atom. The van der Waals surface area contributed by atoms with E-state index in [9.17, 15) is 0 Å². The molecule has 0 bridgehead atoms. The summed E-state index contributed by atoms with van der Waals surface area (Å²) in [4.78, 5) is 4.52. The van der Waals surface area contributed by atoms with Crippen molar-refractivity contribution >= 4 is 11.6 Å². The topological polar surface area (TPSA) is 43.8 Å². The van der Waals surface area contributed by atoms with Gasteiger partial charge in [-0.2, -0.15) is 0 Å². The molecular formula is C14H16ClN3. The van der Waals surface area contributed by atoms with E-state index in [1.54, 1.807) is 0 Å². The molecule has 1 aliphatic rings. The molecule has 1 unspecified atom stereocenters. The van der Waals surface area contributed by atoms with Gasteiger partial charge in [0.15, 0.2) is 0 Å². The highest BCUT2D eigenvalue weighted by Crippen LogP contribution is 2.24. The van der Waals surface area contributed by atoms with Crippen molar-refractivity contribution in [1.29, 1.82) is 0 Å². The Hall–Kier alpha value is -1.32. The fourth-order valence-electron chi connectivity index (χ4n) is 2.57. The zero-order chi connectivity index (χ0) is 12.5. The highest BCUT2D eigenvalue weighted by atomic mass is 35.5. The predicted octanol–water partition coefficient (Wildman–Crippen LogP) is 2.92. The van der Waals surface area contributed by atoms with Gasteiger partial charge in [-0.05, 0) is 37.0 Å². The highest BCUT2D eigenvalue weighted by molar-refractivity contribution is 6.30. The lowest BCUT2D eigenvalue weighted by Gasteiger charge is -2.23. The van der Waals surface area contributed by atoms with Crippen molar-refractivity contribution in [3.05, 3.63) is 52.6 Å². The number of fused-ring (bicyclic) bond motifs is 1. The number of imidazole rings is 1. The van der Waals surface area contributed by atoms with Gasteiger partial charge in [0.05, 0.1) is 6.17 Å². The van der Waals surface area contributed by atoms with Crippen LogP contribution in [0, 0.1) is 0 Å². The van der Waals surface area contributed by atoms with E-state index in [0.29, 0.717) is 0 Å². The molecule has 0 aliphatic carbocycles. The van der Waals surface area contributed by atoms with E-state index >= 15 is 0 Å². The monoisotopic (exact) mass is 261 g/mol. The molecule has 0 spiro atoms. The largest absolute Gasteiger partial charge is 0.316 e. The Labute approximate surface area is 112 Å². The van der Waals surface area contributed by atoms with Crippen molar-refractivity contribution in [1.82, 2.24) is 9.55 Å². The number of rotatable bonds is 2. The molecule has 0 saturated heterocycles. The maximum atomic E-state index is 6.17. The van der Waals surface area contributed by atoms with E-state index in [4.69, 9.17) is 17.3 Å². The Morgan fingerprint density at radius 3 is 2.89 bits per heavy atom. The minimum atomic E-state index is 0.0820. The van der Waals surface area contributed by atoms with Crippen molar-refractivity contribution in [2.75, 3.05) is 0 Å². The number of halogens is 1. The summed E-state index contributed by atoms with van der Waals surface area (Å²) in [6, 6.07) is 7.91. The van der Waals surface area contributed by atoms with Gasteiger partial charge >= 0.3 is 0 Å². The van der Waals surface area contributed by atoms with Gasteiger partial charge in [0, 0.05) is 23.3 Å². The first-order valence-electron chi connectivity index (χ1n) is 6.29. The number of nitrogens with two attached hydrogens (primary N) is 1. The summed E-state index contributed by atoms with van der Waals surface area (Å²) in [5, 5.41) is 0.764. The minimum absolute atomic E-state index is 0.0820. The Kier molecular flexibility index (Phi) is 3.10. The molecule has 0 saturated carbocycles. The zero-order valence-corrected chi connectivity index (χ0v) is 10.9. The molecule has 2 aromatic rings. The Balaban J connectivity index is 1.89. The smallest absolute Gasteiger partial charge is 0.114 e. The maximum absolute atomic E-state index is 6.17. The van der Waals surface area contributed by atoms with Gasteiger partial charge in [-0.1, -0.05) is 23.7 Å². The fraction of sp³-hybridized carbons (Fsp3) is 0.357. The van der Waals surface area contributed by atoms with Gasteiger partial charge in [-0.25, -0.2) is 4.98 Å². The quantitative estimate of drug-likeness (QED) is 0.903. The molecule has 0 amide bonds. The van der Waals surface area contributed by atoms with E-state index in [1.165, 1.54) is 11.3 Å². The van der Waals surface area contributed by atoms with Crippen molar-refractivity contribution in [2.24, 2.45) is 5.73 Å². The number of aryl methyl sites for hydroxylation is 1. The lowest BCUT2D eigenvalue weighted by atomic mass is 10.1. The SMILES string of the molecule is NC1CCCc2cnc(Cc3ccc(Cl)cc3)n21. The molecule has 1 aromatic carbocycles. The van der Waals surface area contributed by atoms with Gasteiger partial charge in [0.2, 0.25) is 0 Å². The van der Waals surface area contributed by atoms with Crippen LogP contribution in [0.3, 0.4) is 0 Å². The van der Waals surface area contributed by atoms with Gasteiger partial charge in [0.25, 0.3) is 0 Å². The minimum Gasteiger partial charge on any atom is -0.316 e. The normalized spacial score (nSPS) is 18.7. The van der Waals surface area contributed by atoms with E-state index in [0.717, 1.165) is 36.5 Å². The van der Waals surface area contributed by atoms with E-state index in [2.05, 4.69) is 9.55 Å². The predicted molar refractivity (Wildman–Crippen MR) is 72.6 cm³/mol. The molecule has 3 nitrogen and oxygen atoms in total. The third-order valence-electron chi connectivity index (χ3n) is 3.49. The number of nitrogens with zero attached hydrogens (tertiary/aromatic N) is 2. The molecule has 0 fully saturated rings. The third-order valence-corrected chi connectivity index (χ3v) is 3.74. The summed E-state index contributed by atoms with van der Waals surface area (Å²) in [5.41, 5.74) is 8.65. The van der Waals surface area contributed by atoms with Crippen molar-refractivity contribution in [2.45, 2.75) is 31.8 Å². The summed E-state index contributed by atoms with van der Waals surface area (Å²) < 4.78 is 2.19. The fourth-order valence-corrected chi connectivity index (χ4v) is 2.69. The van der Waals surface area contributed by atoms with Crippen LogP contribution in [0.2, 0.25) is 5.02 Å². The third kappa shape index (κ3) is 2.16. The van der Waals surface area contributed by atoms with Crippen molar-refractivity contribution in [3.63, 3.8) is 0 Å². The van der Waals surface area contributed by atoms with Crippen LogP contribution in [-0.2, 0) is 12.8 Å². The molecule has 1 aliphatic heterocycles. The molecule has 1 aromatic heterocycles. The molecule has 3 rings (SSSR count). The summed E-state index contributed by atoms with van der Waals surface area (Å²) in [7, 11) is 0. The number of hydrogen-bond acceptors (Lipinski definition) is 2. The van der Waals surface area contributed by atoms with Crippen LogP contribution < -0.4 is 5.73 Å². The summed E-state index contributed by atoms with van der Waals surface area (Å²) in [6.07, 6.45) is 6.14. The van der Waals surface area contributed by atoms with E-state index in [1.807, 2.05) is 30.5 Å². The molecular weight excluding hydrogens is 246 g/mol. The highest BCUT2D eigenvalue weighted by Gasteiger charge is 2.19. The molecule has 1 atom stereocenters. The van der Waals surface area contributed by atoms with Crippen molar-refractivity contribution < 1.29 is 0 Å². The molecule has 4 heteroatoms. The van der Waals surface area contributed by atoms with Gasteiger partial charge in [-0.15, -0.1) is 0 Å². The van der Waals surface area contributed by atoms with Crippen LogP contribution in [0.1, 0.15) is 36.1 Å². The van der Waals surface area contributed by atoms with Crippen LogP contribution >= 0.6 is 11.6 Å². The van der Waals surface area contributed by atoms with Crippen LogP contribution in [0.25, 0.3) is 0 Å². The molecule has 2 N–H and O–H groups in total. The second kappa shape index (κ2) is 4.75. The van der Waals surface area contributed by atoms with E-state index in [-0.39, 0.29) is 6.17 Å². The Bertz CT molecular complexity index is 545. The van der Waals surface area contributed by atoms with Gasteiger partial charge < -0.3 is 10.3 Å². The molecule has 0 radical (unpaired) electrons. The van der Waals surface area contributed by atoms with Gasteiger partial charge in [0.1, 0.15) is 5.82 Å². The van der Waals surface area contributed by atoms with Crippen molar-refractivity contribution in [3.8, 4) is 0 Å². The van der Waals surface area contributed by atoms with Crippen LogP contribution in [-0.4, -0.2) is 9.55 Å². The summed E-state index contributed by atoms with van der Waals surface area (Å²) in [6.45, 7) is 0. The summed E-state index contributed by atoms with van der Waals surface area (Å²) in [5.74, 6) is 1.06. The first-order chi connectivity index (χ1) is 8.74. The molecule has 2 heterocycles. The number of benzene rings is 1. The first kappa shape index (κ1) is 11.8. The lowest BCUT2D eigenvalue weighted by Crippen LogP contribution is -2.26. The number of hydrogen-bond donors (Lipinski definition) is 1. The maximum Gasteiger partial charge on any atom is 0.114 e. The second-order valence-corrected chi connectivity index (χ2v) is 5.24. The van der Waals surface area contributed by atoms with Crippen LogP contribution in [0.5, 0.6) is 0 Å². The average Bonchev–Trinajstić information content (AvgIpc) is 2.77. The van der Waals surface area contributed by atoms with E-state index < -0.39 is 0 Å². The van der Waals surface area contributed by atoms with Gasteiger partial charge in [-0.3, -0.25) is 0 Å².